The first-order chi connectivity index (χ1) is 8.52. The minimum Gasteiger partial charge on any atom is -0.490 e. The van der Waals surface area contributed by atoms with Gasteiger partial charge in [0.25, 0.3) is 0 Å². The van der Waals surface area contributed by atoms with Gasteiger partial charge in [0, 0.05) is 20.6 Å². The quantitative estimate of drug-likeness (QED) is 0.762. The van der Waals surface area contributed by atoms with E-state index in [1.807, 2.05) is 19.1 Å². The van der Waals surface area contributed by atoms with E-state index in [4.69, 9.17) is 4.74 Å². The van der Waals surface area contributed by atoms with Gasteiger partial charge < -0.3 is 9.47 Å². The van der Waals surface area contributed by atoms with Crippen molar-refractivity contribution in [3.8, 4) is 11.5 Å². The topological polar surface area (TPSA) is 33.7 Å². The fraction of sp³-hybridized carbons (Fsp3) is 0.500. The summed E-state index contributed by atoms with van der Waals surface area (Å²) >= 11 is 0. The first-order valence-electron chi connectivity index (χ1n) is 5.64. The van der Waals surface area contributed by atoms with Crippen molar-refractivity contribution in [2.75, 3.05) is 20.7 Å². The molecule has 0 atom stereocenters. The Hall–Kier alpha value is -1.40. The molecule has 0 saturated carbocycles. The molecule has 0 spiro atoms. The number of alkyl halides is 2. The molecule has 0 fully saturated rings. The van der Waals surface area contributed by atoms with E-state index in [2.05, 4.69) is 10.2 Å². The van der Waals surface area contributed by atoms with Crippen LogP contribution in [0, 0.1) is 0 Å². The number of nitrogens with one attached hydrogen (secondary N) is 1. The molecular formula is C12H18F2N2O2. The Bertz CT molecular complexity index is 373. The number of hydrogen-bond acceptors (Lipinski definition) is 4. The van der Waals surface area contributed by atoms with Gasteiger partial charge in [0.1, 0.15) is 0 Å². The summed E-state index contributed by atoms with van der Waals surface area (Å²) in [5, 5.41) is 1.81. The molecule has 0 aliphatic rings. The second kappa shape index (κ2) is 7.13. The maximum absolute atomic E-state index is 12.2. The third-order valence-corrected chi connectivity index (χ3v) is 2.12. The maximum Gasteiger partial charge on any atom is 0.387 e. The summed E-state index contributed by atoms with van der Waals surface area (Å²) < 4.78 is 34.1. The van der Waals surface area contributed by atoms with E-state index in [0.717, 1.165) is 5.56 Å². The Labute approximate surface area is 105 Å². The van der Waals surface area contributed by atoms with Crippen LogP contribution < -0.4 is 14.9 Å². The molecule has 0 bridgehead atoms. The van der Waals surface area contributed by atoms with Gasteiger partial charge in [0.2, 0.25) is 0 Å². The Balaban J connectivity index is 2.81. The molecule has 6 heteroatoms. The van der Waals surface area contributed by atoms with Crippen LogP contribution >= 0.6 is 0 Å². The Morgan fingerprint density at radius 1 is 1.28 bits per heavy atom. The highest BCUT2D eigenvalue weighted by atomic mass is 19.3. The summed E-state index contributed by atoms with van der Waals surface area (Å²) in [5.41, 5.74) is 4.00. The molecule has 0 amide bonds. The van der Waals surface area contributed by atoms with Crippen molar-refractivity contribution in [1.29, 1.82) is 0 Å². The monoisotopic (exact) mass is 260 g/mol. The predicted molar refractivity (Wildman–Crippen MR) is 64.8 cm³/mol. The van der Waals surface area contributed by atoms with Crippen LogP contribution in [0.15, 0.2) is 18.2 Å². The number of hydrogen-bond donors (Lipinski definition) is 1. The van der Waals surface area contributed by atoms with Crippen molar-refractivity contribution in [3.05, 3.63) is 23.8 Å². The number of hydrazine groups is 1. The molecule has 102 valence electrons. The second-order valence-corrected chi connectivity index (χ2v) is 3.82. The highest BCUT2D eigenvalue weighted by Gasteiger charge is 2.11. The van der Waals surface area contributed by atoms with Crippen LogP contribution in [-0.2, 0) is 6.54 Å². The maximum atomic E-state index is 12.2. The lowest BCUT2D eigenvalue weighted by Gasteiger charge is -2.15. The Kier molecular flexibility index (Phi) is 5.80. The zero-order valence-electron chi connectivity index (χ0n) is 10.7. The minimum absolute atomic E-state index is 0.0560. The summed E-state index contributed by atoms with van der Waals surface area (Å²) in [4.78, 5) is 0. The molecule has 0 heterocycles. The standard InChI is InChI=1S/C12H18F2N2O2/c1-4-17-11-7-9(8-15-16(2)3)5-6-10(11)18-12(13)14/h5-7,12,15H,4,8H2,1-3H3. The molecule has 0 aliphatic carbocycles. The molecule has 0 unspecified atom stereocenters. The molecule has 4 nitrogen and oxygen atoms in total. The summed E-state index contributed by atoms with van der Waals surface area (Å²) in [6.07, 6.45) is 0. The smallest absolute Gasteiger partial charge is 0.387 e. The minimum atomic E-state index is -2.85. The van der Waals surface area contributed by atoms with E-state index >= 15 is 0 Å². The Morgan fingerprint density at radius 2 is 2.00 bits per heavy atom. The van der Waals surface area contributed by atoms with Crippen molar-refractivity contribution < 1.29 is 18.3 Å². The number of rotatable bonds is 7. The van der Waals surface area contributed by atoms with Crippen LogP contribution in [0.25, 0.3) is 0 Å². The molecule has 1 N–H and O–H groups in total. The van der Waals surface area contributed by atoms with Crippen molar-refractivity contribution in [2.45, 2.75) is 20.1 Å². The first kappa shape index (κ1) is 14.7. The van der Waals surface area contributed by atoms with E-state index in [-0.39, 0.29) is 5.75 Å². The predicted octanol–water partition coefficient (Wildman–Crippen LogP) is 2.25. The Morgan fingerprint density at radius 3 is 2.56 bits per heavy atom. The lowest BCUT2D eigenvalue weighted by Crippen LogP contribution is -2.29. The lowest BCUT2D eigenvalue weighted by molar-refractivity contribution is -0.0514. The van der Waals surface area contributed by atoms with Gasteiger partial charge in [-0.05, 0) is 24.6 Å². The summed E-state index contributed by atoms with van der Waals surface area (Å²) in [5.74, 6) is 0.385. The van der Waals surface area contributed by atoms with Crippen molar-refractivity contribution >= 4 is 0 Å². The summed E-state index contributed by atoms with van der Waals surface area (Å²) in [7, 11) is 3.75. The van der Waals surface area contributed by atoms with Gasteiger partial charge in [-0.2, -0.15) is 8.78 Å². The third-order valence-electron chi connectivity index (χ3n) is 2.12. The molecule has 18 heavy (non-hydrogen) atoms. The average molecular weight is 260 g/mol. The zero-order valence-corrected chi connectivity index (χ0v) is 10.7. The van der Waals surface area contributed by atoms with Crippen LogP contribution in [0.5, 0.6) is 11.5 Å². The third kappa shape index (κ3) is 4.85. The van der Waals surface area contributed by atoms with Crippen molar-refractivity contribution in [3.63, 3.8) is 0 Å². The van der Waals surface area contributed by atoms with Gasteiger partial charge in [0.15, 0.2) is 11.5 Å². The average Bonchev–Trinajstić information content (AvgIpc) is 2.29. The molecule has 0 radical (unpaired) electrons. The lowest BCUT2D eigenvalue weighted by atomic mass is 10.2. The van der Waals surface area contributed by atoms with Crippen molar-refractivity contribution in [2.24, 2.45) is 0 Å². The fourth-order valence-electron chi connectivity index (χ4n) is 1.37. The number of ether oxygens (including phenoxy) is 2. The SMILES string of the molecule is CCOc1cc(CNN(C)C)ccc1OC(F)F. The normalized spacial score (nSPS) is 11.1. The summed E-state index contributed by atoms with van der Waals surface area (Å²) in [6, 6.07) is 4.90. The fourth-order valence-corrected chi connectivity index (χ4v) is 1.37. The molecule has 0 aliphatic heterocycles. The number of benzene rings is 1. The molecular weight excluding hydrogens is 242 g/mol. The van der Waals surface area contributed by atoms with Crippen LogP contribution in [0.4, 0.5) is 8.78 Å². The van der Waals surface area contributed by atoms with Gasteiger partial charge in [0.05, 0.1) is 6.61 Å². The largest absolute Gasteiger partial charge is 0.490 e. The van der Waals surface area contributed by atoms with E-state index in [9.17, 15) is 8.78 Å². The van der Waals surface area contributed by atoms with E-state index in [1.54, 1.807) is 19.1 Å². The molecule has 1 aromatic carbocycles. The molecule has 1 aromatic rings. The van der Waals surface area contributed by atoms with Gasteiger partial charge in [-0.1, -0.05) is 6.07 Å². The number of halogens is 2. The van der Waals surface area contributed by atoms with Gasteiger partial charge in [-0.15, -0.1) is 0 Å². The summed E-state index contributed by atoms with van der Waals surface area (Å²) in [6.45, 7) is -0.0849. The van der Waals surface area contributed by atoms with E-state index in [1.165, 1.54) is 6.07 Å². The second-order valence-electron chi connectivity index (χ2n) is 3.82. The molecule has 1 rings (SSSR count). The van der Waals surface area contributed by atoms with Gasteiger partial charge >= 0.3 is 6.61 Å². The van der Waals surface area contributed by atoms with Crippen LogP contribution in [-0.4, -0.2) is 32.3 Å². The van der Waals surface area contributed by atoms with Gasteiger partial charge in [-0.3, -0.25) is 10.4 Å². The molecule has 0 aromatic heterocycles. The highest BCUT2D eigenvalue weighted by molar-refractivity contribution is 5.43. The first-order valence-corrected chi connectivity index (χ1v) is 5.64. The molecule has 0 saturated heterocycles. The van der Waals surface area contributed by atoms with Crippen LogP contribution in [0.2, 0.25) is 0 Å². The van der Waals surface area contributed by atoms with Crippen LogP contribution in [0.3, 0.4) is 0 Å². The van der Waals surface area contributed by atoms with Crippen LogP contribution in [0.1, 0.15) is 12.5 Å². The van der Waals surface area contributed by atoms with Gasteiger partial charge in [-0.25, -0.2) is 0 Å². The highest BCUT2D eigenvalue weighted by Crippen LogP contribution is 2.29. The van der Waals surface area contributed by atoms with E-state index < -0.39 is 6.61 Å². The number of nitrogens with zero attached hydrogens (tertiary/aromatic N) is 1. The van der Waals surface area contributed by atoms with Crippen molar-refractivity contribution in [1.82, 2.24) is 10.4 Å². The van der Waals surface area contributed by atoms with E-state index in [0.29, 0.717) is 18.9 Å². The zero-order chi connectivity index (χ0) is 13.5.